The molecule has 4 aromatic rings. The highest BCUT2D eigenvalue weighted by molar-refractivity contribution is 6.99. The van der Waals surface area contributed by atoms with E-state index in [1.165, 1.54) is 27.1 Å². The first kappa shape index (κ1) is 39.2. The molecule has 0 bridgehead atoms. The summed E-state index contributed by atoms with van der Waals surface area (Å²) in [5, 5.41) is 2.43. The zero-order valence-corrected chi connectivity index (χ0v) is 33.3. The largest absolute Gasteiger partial charge is 0.401 e. The van der Waals surface area contributed by atoms with Gasteiger partial charge in [0.2, 0.25) is 0 Å². The summed E-state index contributed by atoms with van der Waals surface area (Å²) in [5.74, 6) is 0. The van der Waals surface area contributed by atoms with Crippen molar-refractivity contribution in [2.75, 3.05) is 13.4 Å². The van der Waals surface area contributed by atoms with Crippen molar-refractivity contribution >= 4 is 32.3 Å². The van der Waals surface area contributed by atoms with Gasteiger partial charge in [0.25, 0.3) is 8.32 Å². The summed E-state index contributed by atoms with van der Waals surface area (Å²) in [6, 6.07) is 44.4. The second-order valence-corrected chi connectivity index (χ2v) is 25.1. The van der Waals surface area contributed by atoms with Gasteiger partial charge < -0.3 is 13.9 Å². The van der Waals surface area contributed by atoms with Gasteiger partial charge in [0.15, 0.2) is 0 Å². The standard InChI is InChI=1S/C45H58O3Si2/c1-38(47-37-46-34-35-49(5,6)7)24-14-8-9-19-29-41(36-44(39-25-15-10-16-26-39)40-27-17-11-18-28-40)48-50(45(2,3)4,42-30-20-12-21-31-42)43-32-22-13-23-33-43/h9-28,30-33,36,38,41H,8,29,34-35,37H2,1-7H3/b19-9+,24-14-. The molecular formula is C45H58O3Si2. The summed E-state index contributed by atoms with van der Waals surface area (Å²) in [6.45, 7) is 17.3. The second kappa shape index (κ2) is 19.1. The molecule has 0 aliphatic heterocycles. The minimum absolute atomic E-state index is 0.00347. The summed E-state index contributed by atoms with van der Waals surface area (Å²) >= 11 is 0. The van der Waals surface area contributed by atoms with Crippen molar-refractivity contribution in [2.24, 2.45) is 0 Å². The van der Waals surface area contributed by atoms with E-state index in [0.717, 1.165) is 25.5 Å². The summed E-state index contributed by atoms with van der Waals surface area (Å²) < 4.78 is 19.3. The maximum atomic E-state index is 7.74. The molecule has 5 heteroatoms. The normalized spacial score (nSPS) is 13.8. The summed E-state index contributed by atoms with van der Waals surface area (Å²) in [5.41, 5.74) is 3.54. The lowest BCUT2D eigenvalue weighted by Gasteiger charge is -2.45. The van der Waals surface area contributed by atoms with E-state index < -0.39 is 16.4 Å². The molecule has 0 radical (unpaired) electrons. The molecular weight excluding hydrogens is 645 g/mol. The molecule has 0 saturated heterocycles. The lowest BCUT2D eigenvalue weighted by molar-refractivity contribution is -0.0665. The minimum atomic E-state index is -2.82. The molecule has 0 heterocycles. The average molecular weight is 703 g/mol. The molecule has 0 fully saturated rings. The Labute approximate surface area is 304 Å². The van der Waals surface area contributed by atoms with Crippen molar-refractivity contribution < 1.29 is 13.9 Å². The van der Waals surface area contributed by atoms with E-state index in [-0.39, 0.29) is 17.2 Å². The quantitative estimate of drug-likeness (QED) is 0.0447. The zero-order valence-electron chi connectivity index (χ0n) is 31.3. The lowest BCUT2D eigenvalue weighted by Crippen LogP contribution is -2.67. The van der Waals surface area contributed by atoms with Crippen LogP contribution in [0.25, 0.3) is 5.57 Å². The van der Waals surface area contributed by atoms with Crippen LogP contribution in [0.4, 0.5) is 0 Å². The molecule has 0 spiro atoms. The van der Waals surface area contributed by atoms with E-state index in [9.17, 15) is 0 Å². The van der Waals surface area contributed by atoms with E-state index >= 15 is 0 Å². The Morgan fingerprint density at radius 3 is 1.66 bits per heavy atom. The van der Waals surface area contributed by atoms with Crippen molar-refractivity contribution in [1.82, 2.24) is 0 Å². The smallest absolute Gasteiger partial charge is 0.261 e. The van der Waals surface area contributed by atoms with E-state index in [4.69, 9.17) is 13.9 Å². The van der Waals surface area contributed by atoms with E-state index in [2.05, 4.69) is 199 Å². The first-order chi connectivity index (χ1) is 24.0. The molecule has 2 unspecified atom stereocenters. The Kier molecular flexibility index (Phi) is 15.0. The number of hydrogen-bond donors (Lipinski definition) is 0. The first-order valence-corrected chi connectivity index (χ1v) is 23.7. The Morgan fingerprint density at radius 2 is 1.18 bits per heavy atom. The predicted octanol–water partition coefficient (Wildman–Crippen LogP) is 10.7. The SMILES string of the molecule is CC(/C=C\C/C=C/CC(C=C(c1ccccc1)c1ccccc1)O[Si](c1ccccc1)(c1ccccc1)C(C)(C)C)OCOCC[Si](C)(C)C. The molecule has 0 aromatic heterocycles. The van der Waals surface area contributed by atoms with Gasteiger partial charge in [-0.2, -0.15) is 0 Å². The Balaban J connectivity index is 1.64. The number of ether oxygens (including phenoxy) is 2. The van der Waals surface area contributed by atoms with Crippen LogP contribution in [0.5, 0.6) is 0 Å². The maximum absolute atomic E-state index is 7.74. The molecule has 0 saturated carbocycles. The topological polar surface area (TPSA) is 27.7 Å². The van der Waals surface area contributed by atoms with Gasteiger partial charge >= 0.3 is 0 Å². The molecule has 0 amide bonds. The molecule has 264 valence electrons. The fourth-order valence-corrected chi connectivity index (χ4v) is 11.6. The van der Waals surface area contributed by atoms with Crippen LogP contribution < -0.4 is 10.4 Å². The molecule has 4 rings (SSSR count). The van der Waals surface area contributed by atoms with E-state index in [0.29, 0.717) is 6.79 Å². The van der Waals surface area contributed by atoms with Crippen LogP contribution in [0.3, 0.4) is 0 Å². The molecule has 3 nitrogen and oxygen atoms in total. The van der Waals surface area contributed by atoms with Crippen LogP contribution >= 0.6 is 0 Å². The lowest BCUT2D eigenvalue weighted by atomic mass is 9.96. The summed E-state index contributed by atoms with van der Waals surface area (Å²) in [7, 11) is -3.91. The number of benzene rings is 4. The van der Waals surface area contributed by atoms with Gasteiger partial charge in [-0.3, -0.25) is 0 Å². The van der Waals surface area contributed by atoms with Gasteiger partial charge in [-0.15, -0.1) is 0 Å². The fourth-order valence-electron chi connectivity index (χ4n) is 6.17. The Bertz CT molecular complexity index is 1540. The van der Waals surface area contributed by atoms with E-state index in [1.807, 2.05) is 0 Å². The molecule has 0 N–H and O–H groups in total. The van der Waals surface area contributed by atoms with Crippen molar-refractivity contribution in [3.8, 4) is 0 Å². The second-order valence-electron chi connectivity index (χ2n) is 15.2. The van der Waals surface area contributed by atoms with Crippen LogP contribution in [-0.4, -0.2) is 42.0 Å². The molecule has 0 aliphatic rings. The molecule has 50 heavy (non-hydrogen) atoms. The van der Waals surface area contributed by atoms with Crippen LogP contribution in [0.15, 0.2) is 152 Å². The highest BCUT2D eigenvalue weighted by Crippen LogP contribution is 2.38. The van der Waals surface area contributed by atoms with Gasteiger partial charge in [0.05, 0.1) is 12.2 Å². The minimum Gasteiger partial charge on any atom is -0.401 e. The van der Waals surface area contributed by atoms with Gasteiger partial charge in [0, 0.05) is 14.7 Å². The summed E-state index contributed by atoms with van der Waals surface area (Å²) in [4.78, 5) is 0. The van der Waals surface area contributed by atoms with Gasteiger partial charge in [-0.1, -0.05) is 186 Å². The van der Waals surface area contributed by atoms with Gasteiger partial charge in [-0.05, 0) is 64.0 Å². The third-order valence-corrected chi connectivity index (χ3v) is 15.7. The highest BCUT2D eigenvalue weighted by atomic mass is 28.4. The molecule has 2 atom stereocenters. The van der Waals surface area contributed by atoms with E-state index in [1.54, 1.807) is 0 Å². The number of rotatable bonds is 18. The van der Waals surface area contributed by atoms with Crippen LogP contribution in [0.2, 0.25) is 30.7 Å². The van der Waals surface area contributed by atoms with Crippen molar-refractivity contribution in [2.45, 2.75) is 83.5 Å². The third-order valence-electron chi connectivity index (χ3n) is 8.89. The number of allylic oxidation sites excluding steroid dienone is 2. The van der Waals surface area contributed by atoms with Crippen LogP contribution in [0, 0.1) is 0 Å². The average Bonchev–Trinajstić information content (AvgIpc) is 3.11. The Morgan fingerprint density at radius 1 is 0.680 bits per heavy atom. The monoisotopic (exact) mass is 702 g/mol. The van der Waals surface area contributed by atoms with Crippen LogP contribution in [0.1, 0.15) is 51.7 Å². The molecule has 0 aliphatic carbocycles. The highest BCUT2D eigenvalue weighted by Gasteiger charge is 2.51. The zero-order chi connectivity index (χ0) is 35.9. The van der Waals surface area contributed by atoms with Crippen molar-refractivity contribution in [3.63, 3.8) is 0 Å². The third kappa shape index (κ3) is 11.7. The van der Waals surface area contributed by atoms with Crippen molar-refractivity contribution in [3.05, 3.63) is 163 Å². The van der Waals surface area contributed by atoms with Gasteiger partial charge in [0.1, 0.15) is 6.79 Å². The van der Waals surface area contributed by atoms with Gasteiger partial charge in [-0.25, -0.2) is 0 Å². The maximum Gasteiger partial charge on any atom is 0.261 e. The fraction of sp³-hybridized carbons (Fsp3) is 0.333. The predicted molar refractivity (Wildman–Crippen MR) is 219 cm³/mol. The van der Waals surface area contributed by atoms with Crippen LogP contribution in [-0.2, 0) is 13.9 Å². The molecule has 4 aromatic carbocycles. The number of hydrogen-bond acceptors (Lipinski definition) is 3. The first-order valence-electron chi connectivity index (χ1n) is 18.1. The summed E-state index contributed by atoms with van der Waals surface area (Å²) in [6.07, 6.45) is 12.6. The van der Waals surface area contributed by atoms with Crippen molar-refractivity contribution in [1.29, 1.82) is 0 Å². The Hall–Kier alpha value is -3.59.